The summed E-state index contributed by atoms with van der Waals surface area (Å²) in [6.45, 7) is 0. The summed E-state index contributed by atoms with van der Waals surface area (Å²) in [6.07, 6.45) is 4.37. The molecule has 3 heteroatoms. The highest BCUT2D eigenvalue weighted by atomic mass is 32.1. The smallest absolute Gasteiger partial charge is 0.143 e. The van der Waals surface area contributed by atoms with Gasteiger partial charge in [-0.05, 0) is 28.5 Å². The molecular formula is C32H18O2S. The van der Waals surface area contributed by atoms with Gasteiger partial charge in [0.15, 0.2) is 0 Å². The maximum absolute atomic E-state index is 6.76. The molecule has 2 nitrogen and oxygen atoms in total. The van der Waals surface area contributed by atoms with E-state index < -0.39 is 0 Å². The highest BCUT2D eigenvalue weighted by molar-refractivity contribution is 7.26. The third-order valence-corrected chi connectivity index (χ3v) is 8.95. The van der Waals surface area contributed by atoms with Crippen molar-refractivity contribution in [1.29, 1.82) is 0 Å². The molecule has 5 aromatic carbocycles. The number of hydrogen-bond donors (Lipinski definition) is 0. The van der Waals surface area contributed by atoms with Crippen molar-refractivity contribution >= 4 is 64.2 Å². The Kier molecular flexibility index (Phi) is 3.36. The lowest BCUT2D eigenvalue weighted by atomic mass is 9.93. The number of furan rings is 1. The van der Waals surface area contributed by atoms with Crippen molar-refractivity contribution in [3.8, 4) is 11.1 Å². The molecule has 7 aromatic rings. The Morgan fingerprint density at radius 1 is 0.629 bits per heavy atom. The molecule has 0 saturated heterocycles. The Balaban J connectivity index is 1.43. The summed E-state index contributed by atoms with van der Waals surface area (Å²) >= 11 is 1.87. The predicted molar refractivity (Wildman–Crippen MR) is 145 cm³/mol. The molecule has 2 aliphatic heterocycles. The lowest BCUT2D eigenvalue weighted by Crippen LogP contribution is -1.92. The van der Waals surface area contributed by atoms with E-state index in [1.165, 1.54) is 53.0 Å². The molecule has 9 rings (SSSR count). The summed E-state index contributed by atoms with van der Waals surface area (Å²) in [4.78, 5) is 0. The SMILES string of the molecule is C1=CC2OC1c1ccc3c(oc4c(-c5cc6ccccc6c6c5sc5ccccc56)cccc43)c12. The minimum Gasteiger partial charge on any atom is -0.455 e. The van der Waals surface area contributed by atoms with Gasteiger partial charge in [-0.3, -0.25) is 0 Å². The van der Waals surface area contributed by atoms with E-state index in [1.54, 1.807) is 0 Å². The Morgan fingerprint density at radius 3 is 2.40 bits per heavy atom. The van der Waals surface area contributed by atoms with Crippen LogP contribution in [0.4, 0.5) is 0 Å². The van der Waals surface area contributed by atoms with Crippen LogP contribution >= 0.6 is 11.3 Å². The second-order valence-corrected chi connectivity index (χ2v) is 10.6. The molecule has 2 aliphatic rings. The molecule has 2 bridgehead atoms. The first-order valence-corrected chi connectivity index (χ1v) is 12.8. The van der Waals surface area contributed by atoms with Crippen LogP contribution in [0.5, 0.6) is 0 Å². The van der Waals surface area contributed by atoms with E-state index in [0.717, 1.165) is 22.1 Å². The quantitative estimate of drug-likeness (QED) is 0.225. The third-order valence-electron chi connectivity index (χ3n) is 7.74. The van der Waals surface area contributed by atoms with Crippen molar-refractivity contribution in [2.75, 3.05) is 0 Å². The number of thiophene rings is 1. The summed E-state index contributed by atoms with van der Waals surface area (Å²) in [5.41, 5.74) is 6.74. The molecule has 0 amide bonds. The maximum Gasteiger partial charge on any atom is 0.143 e. The van der Waals surface area contributed by atoms with Gasteiger partial charge in [0, 0.05) is 47.6 Å². The van der Waals surface area contributed by atoms with Crippen molar-refractivity contribution in [2.24, 2.45) is 0 Å². The standard InChI is InChI=1S/C32H18O2S/c1-2-7-18-17(6-1)16-24(32-28(18)23-8-3-4-11-27(23)35-32)20-10-5-9-19-21-12-13-22-25-14-15-26(33-25)29(22)31(21)34-30(19)20/h1-16,25-26H. The van der Waals surface area contributed by atoms with E-state index in [2.05, 4.69) is 97.1 Å². The van der Waals surface area contributed by atoms with Crippen LogP contribution in [-0.2, 0) is 4.74 Å². The van der Waals surface area contributed by atoms with Gasteiger partial charge in [-0.1, -0.05) is 84.9 Å². The van der Waals surface area contributed by atoms with Gasteiger partial charge in [0.1, 0.15) is 23.4 Å². The summed E-state index contributed by atoms with van der Waals surface area (Å²) < 4.78 is 15.5. The monoisotopic (exact) mass is 466 g/mol. The van der Waals surface area contributed by atoms with Gasteiger partial charge in [0.25, 0.3) is 0 Å². The lowest BCUT2D eigenvalue weighted by molar-refractivity contribution is 0.0880. The molecule has 2 atom stereocenters. The molecule has 0 saturated carbocycles. The molecule has 4 heterocycles. The number of hydrogen-bond acceptors (Lipinski definition) is 3. The van der Waals surface area contributed by atoms with Crippen LogP contribution in [0, 0.1) is 0 Å². The van der Waals surface area contributed by atoms with Gasteiger partial charge < -0.3 is 9.15 Å². The van der Waals surface area contributed by atoms with Crippen molar-refractivity contribution in [3.05, 3.63) is 108 Å². The number of benzene rings is 5. The molecule has 2 aromatic heterocycles. The average molecular weight is 467 g/mol. The topological polar surface area (TPSA) is 22.4 Å². The van der Waals surface area contributed by atoms with Gasteiger partial charge >= 0.3 is 0 Å². The fourth-order valence-corrected chi connectivity index (χ4v) is 7.46. The highest BCUT2D eigenvalue weighted by Crippen LogP contribution is 2.51. The van der Waals surface area contributed by atoms with Gasteiger partial charge in [0.2, 0.25) is 0 Å². The molecular weight excluding hydrogens is 448 g/mol. The van der Waals surface area contributed by atoms with Crippen LogP contribution in [-0.4, -0.2) is 0 Å². The Labute approximate surface area is 204 Å². The zero-order chi connectivity index (χ0) is 22.7. The second-order valence-electron chi connectivity index (χ2n) is 9.54. The number of ether oxygens (including phenoxy) is 1. The van der Waals surface area contributed by atoms with Crippen LogP contribution in [0.25, 0.3) is 64.0 Å². The highest BCUT2D eigenvalue weighted by Gasteiger charge is 2.36. The molecule has 0 radical (unpaired) electrons. The predicted octanol–water partition coefficient (Wildman–Crippen LogP) is 9.46. The fourth-order valence-electron chi connectivity index (χ4n) is 6.22. The normalized spacial score (nSPS) is 18.6. The second kappa shape index (κ2) is 6.39. The van der Waals surface area contributed by atoms with Crippen molar-refractivity contribution < 1.29 is 9.15 Å². The van der Waals surface area contributed by atoms with E-state index >= 15 is 0 Å². The van der Waals surface area contributed by atoms with Gasteiger partial charge in [-0.15, -0.1) is 11.3 Å². The first kappa shape index (κ1) is 18.4. The fraction of sp³-hybridized carbons (Fsp3) is 0.0625. The van der Waals surface area contributed by atoms with Gasteiger partial charge in [-0.2, -0.15) is 0 Å². The zero-order valence-corrected chi connectivity index (χ0v) is 19.4. The summed E-state index contributed by atoms with van der Waals surface area (Å²) in [5, 5.41) is 7.54. The van der Waals surface area contributed by atoms with Gasteiger partial charge in [-0.25, -0.2) is 0 Å². The lowest BCUT2D eigenvalue weighted by Gasteiger charge is -2.09. The molecule has 0 spiro atoms. The number of rotatable bonds is 1. The van der Waals surface area contributed by atoms with E-state index in [-0.39, 0.29) is 12.2 Å². The minimum atomic E-state index is -0.00215. The molecule has 2 unspecified atom stereocenters. The summed E-state index contributed by atoms with van der Waals surface area (Å²) in [5.74, 6) is 0. The molecule has 35 heavy (non-hydrogen) atoms. The summed E-state index contributed by atoms with van der Waals surface area (Å²) in [7, 11) is 0. The molecule has 0 N–H and O–H groups in total. The van der Waals surface area contributed by atoms with E-state index in [1.807, 2.05) is 11.3 Å². The van der Waals surface area contributed by atoms with Crippen LogP contribution in [0.2, 0.25) is 0 Å². The molecule has 164 valence electrons. The largest absolute Gasteiger partial charge is 0.455 e. The minimum absolute atomic E-state index is 0.00215. The van der Waals surface area contributed by atoms with Crippen LogP contribution < -0.4 is 0 Å². The van der Waals surface area contributed by atoms with Crippen LogP contribution in [0.1, 0.15) is 23.3 Å². The maximum atomic E-state index is 6.76. The third kappa shape index (κ3) is 2.28. The molecule has 0 aliphatic carbocycles. The Hall–Kier alpha value is -3.92. The number of para-hydroxylation sites is 1. The van der Waals surface area contributed by atoms with Crippen LogP contribution in [0.15, 0.2) is 101 Å². The van der Waals surface area contributed by atoms with E-state index in [9.17, 15) is 0 Å². The van der Waals surface area contributed by atoms with E-state index in [4.69, 9.17) is 9.15 Å². The Morgan fingerprint density at radius 2 is 1.43 bits per heavy atom. The number of fused-ring (bicyclic) bond motifs is 14. The first-order chi connectivity index (χ1) is 17.3. The zero-order valence-electron chi connectivity index (χ0n) is 18.6. The van der Waals surface area contributed by atoms with E-state index in [0.29, 0.717) is 0 Å². The molecule has 0 fully saturated rings. The van der Waals surface area contributed by atoms with Crippen molar-refractivity contribution in [2.45, 2.75) is 12.2 Å². The Bertz CT molecular complexity index is 2060. The van der Waals surface area contributed by atoms with Gasteiger partial charge in [0.05, 0.1) is 0 Å². The van der Waals surface area contributed by atoms with Crippen molar-refractivity contribution in [3.63, 3.8) is 0 Å². The first-order valence-electron chi connectivity index (χ1n) is 12.0. The van der Waals surface area contributed by atoms with Crippen LogP contribution in [0.3, 0.4) is 0 Å². The van der Waals surface area contributed by atoms with Crippen molar-refractivity contribution in [1.82, 2.24) is 0 Å². The average Bonchev–Trinajstić information content (AvgIpc) is 3.68. The summed E-state index contributed by atoms with van der Waals surface area (Å²) in [6, 6.07) is 30.8.